The van der Waals surface area contributed by atoms with Crippen LogP contribution < -0.4 is 10.1 Å². The Morgan fingerprint density at radius 1 is 1.24 bits per heavy atom. The molecule has 112 valence electrons. The number of nitrogens with one attached hydrogen (secondary N) is 1. The van der Waals surface area contributed by atoms with Gasteiger partial charge < -0.3 is 15.2 Å². The molecule has 4 heteroatoms. The zero-order valence-electron chi connectivity index (χ0n) is 12.7. The van der Waals surface area contributed by atoms with Gasteiger partial charge in [0.15, 0.2) is 0 Å². The summed E-state index contributed by atoms with van der Waals surface area (Å²) in [4.78, 5) is 3.99. The molecule has 2 rings (SSSR count). The van der Waals surface area contributed by atoms with E-state index >= 15 is 0 Å². The van der Waals surface area contributed by atoms with Gasteiger partial charge in [-0.2, -0.15) is 0 Å². The summed E-state index contributed by atoms with van der Waals surface area (Å²) in [7, 11) is 1.65. The van der Waals surface area contributed by atoms with Gasteiger partial charge in [0.2, 0.25) is 0 Å². The van der Waals surface area contributed by atoms with Crippen LogP contribution in [0.3, 0.4) is 0 Å². The Balaban J connectivity index is 1.98. The molecule has 0 fully saturated rings. The molecule has 0 amide bonds. The van der Waals surface area contributed by atoms with E-state index < -0.39 is 6.10 Å². The molecule has 0 bridgehead atoms. The normalized spacial score (nSPS) is 13.7. The average molecular weight is 286 g/mol. The number of hydrogen-bond acceptors (Lipinski definition) is 4. The van der Waals surface area contributed by atoms with E-state index in [0.717, 1.165) is 22.4 Å². The smallest absolute Gasteiger partial charge is 0.121 e. The lowest BCUT2D eigenvalue weighted by atomic mass is 10.0. The van der Waals surface area contributed by atoms with Crippen molar-refractivity contribution < 1.29 is 9.84 Å². The first-order valence-corrected chi connectivity index (χ1v) is 7.06. The minimum absolute atomic E-state index is 0.0500. The van der Waals surface area contributed by atoms with Crippen molar-refractivity contribution in [3.8, 4) is 5.75 Å². The van der Waals surface area contributed by atoms with Crippen LogP contribution in [0.1, 0.15) is 29.7 Å². The van der Waals surface area contributed by atoms with E-state index in [2.05, 4.69) is 10.3 Å². The number of methoxy groups -OCH3 is 1. The molecule has 0 spiro atoms. The van der Waals surface area contributed by atoms with Crippen LogP contribution in [-0.2, 0) is 6.54 Å². The van der Waals surface area contributed by atoms with E-state index in [4.69, 9.17) is 4.74 Å². The summed E-state index contributed by atoms with van der Waals surface area (Å²) in [5.74, 6) is 0.836. The minimum atomic E-state index is -0.559. The molecule has 1 heterocycles. The monoisotopic (exact) mass is 286 g/mol. The Morgan fingerprint density at radius 3 is 2.57 bits per heavy atom. The molecule has 0 saturated heterocycles. The van der Waals surface area contributed by atoms with Gasteiger partial charge in [-0.3, -0.25) is 4.98 Å². The molecule has 0 radical (unpaired) electrons. The lowest BCUT2D eigenvalue weighted by Crippen LogP contribution is -2.31. The SMILES string of the molecule is COc1ccc(C(O)C(C)NCc2ccncc2)cc1C. The maximum Gasteiger partial charge on any atom is 0.121 e. The van der Waals surface area contributed by atoms with Crippen molar-refractivity contribution in [1.29, 1.82) is 0 Å². The molecular weight excluding hydrogens is 264 g/mol. The summed E-state index contributed by atoms with van der Waals surface area (Å²) < 4.78 is 5.24. The summed E-state index contributed by atoms with van der Waals surface area (Å²) in [5, 5.41) is 13.8. The Hall–Kier alpha value is -1.91. The van der Waals surface area contributed by atoms with Gasteiger partial charge in [-0.25, -0.2) is 0 Å². The highest BCUT2D eigenvalue weighted by molar-refractivity contribution is 5.37. The molecule has 2 unspecified atom stereocenters. The molecule has 0 saturated carbocycles. The molecule has 0 aliphatic rings. The number of aryl methyl sites for hydroxylation is 1. The highest BCUT2D eigenvalue weighted by Crippen LogP contribution is 2.24. The van der Waals surface area contributed by atoms with E-state index in [0.29, 0.717) is 6.54 Å². The second-order valence-electron chi connectivity index (χ2n) is 5.20. The second kappa shape index (κ2) is 7.20. The molecule has 0 aliphatic heterocycles. The Labute approximate surface area is 125 Å². The predicted octanol–water partition coefficient (Wildman–Crippen LogP) is 2.61. The van der Waals surface area contributed by atoms with Crippen molar-refractivity contribution in [2.24, 2.45) is 0 Å². The Morgan fingerprint density at radius 2 is 1.95 bits per heavy atom. The van der Waals surface area contributed by atoms with Gasteiger partial charge in [0, 0.05) is 25.0 Å². The van der Waals surface area contributed by atoms with E-state index in [1.807, 2.05) is 44.2 Å². The van der Waals surface area contributed by atoms with Gasteiger partial charge >= 0.3 is 0 Å². The number of ether oxygens (including phenoxy) is 1. The maximum atomic E-state index is 10.4. The van der Waals surface area contributed by atoms with Crippen molar-refractivity contribution in [3.63, 3.8) is 0 Å². The van der Waals surface area contributed by atoms with Gasteiger partial charge in [0.25, 0.3) is 0 Å². The number of aliphatic hydroxyl groups excluding tert-OH is 1. The molecule has 2 aromatic rings. The summed E-state index contributed by atoms with van der Waals surface area (Å²) >= 11 is 0. The van der Waals surface area contributed by atoms with Gasteiger partial charge in [0.05, 0.1) is 13.2 Å². The van der Waals surface area contributed by atoms with Crippen LogP contribution in [0.15, 0.2) is 42.7 Å². The molecular formula is C17H22N2O2. The number of pyridine rings is 1. The first-order valence-electron chi connectivity index (χ1n) is 7.06. The van der Waals surface area contributed by atoms with Crippen molar-refractivity contribution in [2.45, 2.75) is 32.5 Å². The van der Waals surface area contributed by atoms with Crippen molar-refractivity contribution in [1.82, 2.24) is 10.3 Å². The lowest BCUT2D eigenvalue weighted by Gasteiger charge is -2.21. The topological polar surface area (TPSA) is 54.4 Å². The van der Waals surface area contributed by atoms with Crippen LogP contribution in [0.25, 0.3) is 0 Å². The zero-order chi connectivity index (χ0) is 15.2. The first kappa shape index (κ1) is 15.5. The molecule has 1 aromatic carbocycles. The number of aliphatic hydroxyl groups is 1. The molecule has 0 aliphatic carbocycles. The summed E-state index contributed by atoms with van der Waals surface area (Å²) in [6.07, 6.45) is 2.98. The second-order valence-corrected chi connectivity index (χ2v) is 5.20. The summed E-state index contributed by atoms with van der Waals surface area (Å²) in [6.45, 7) is 4.66. The maximum absolute atomic E-state index is 10.4. The third-order valence-corrected chi connectivity index (χ3v) is 3.61. The highest BCUT2D eigenvalue weighted by atomic mass is 16.5. The lowest BCUT2D eigenvalue weighted by molar-refractivity contribution is 0.135. The highest BCUT2D eigenvalue weighted by Gasteiger charge is 2.16. The number of benzene rings is 1. The van der Waals surface area contributed by atoms with E-state index in [1.165, 1.54) is 0 Å². The third-order valence-electron chi connectivity index (χ3n) is 3.61. The largest absolute Gasteiger partial charge is 0.496 e. The average Bonchev–Trinajstić information content (AvgIpc) is 2.52. The van der Waals surface area contributed by atoms with Gasteiger partial charge in [-0.1, -0.05) is 6.07 Å². The van der Waals surface area contributed by atoms with Crippen LogP contribution in [-0.4, -0.2) is 23.2 Å². The van der Waals surface area contributed by atoms with Gasteiger partial charge in [0.1, 0.15) is 5.75 Å². The summed E-state index contributed by atoms with van der Waals surface area (Å²) in [6, 6.07) is 9.64. The molecule has 2 atom stereocenters. The third kappa shape index (κ3) is 4.03. The predicted molar refractivity (Wildman–Crippen MR) is 83.2 cm³/mol. The number of rotatable bonds is 6. The molecule has 2 N–H and O–H groups in total. The Bertz CT molecular complexity index is 572. The van der Waals surface area contributed by atoms with Crippen LogP contribution >= 0.6 is 0 Å². The van der Waals surface area contributed by atoms with Gasteiger partial charge in [-0.15, -0.1) is 0 Å². The van der Waals surface area contributed by atoms with Crippen molar-refractivity contribution in [2.75, 3.05) is 7.11 Å². The van der Waals surface area contributed by atoms with E-state index in [1.54, 1.807) is 19.5 Å². The fraction of sp³-hybridized carbons (Fsp3) is 0.353. The minimum Gasteiger partial charge on any atom is -0.496 e. The number of aromatic nitrogens is 1. The molecule has 21 heavy (non-hydrogen) atoms. The number of hydrogen-bond donors (Lipinski definition) is 2. The fourth-order valence-electron chi connectivity index (χ4n) is 2.27. The Kier molecular flexibility index (Phi) is 5.31. The van der Waals surface area contributed by atoms with Crippen molar-refractivity contribution in [3.05, 3.63) is 59.4 Å². The van der Waals surface area contributed by atoms with E-state index in [9.17, 15) is 5.11 Å². The van der Waals surface area contributed by atoms with E-state index in [-0.39, 0.29) is 6.04 Å². The van der Waals surface area contributed by atoms with Crippen LogP contribution in [0.2, 0.25) is 0 Å². The summed E-state index contributed by atoms with van der Waals surface area (Å²) in [5.41, 5.74) is 3.06. The van der Waals surface area contributed by atoms with Crippen LogP contribution in [0, 0.1) is 6.92 Å². The fourth-order valence-corrected chi connectivity index (χ4v) is 2.27. The van der Waals surface area contributed by atoms with Crippen molar-refractivity contribution >= 4 is 0 Å². The quantitative estimate of drug-likeness (QED) is 0.857. The van der Waals surface area contributed by atoms with Crippen LogP contribution in [0.4, 0.5) is 0 Å². The first-order chi connectivity index (χ1) is 10.1. The van der Waals surface area contributed by atoms with Gasteiger partial charge in [-0.05, 0) is 54.8 Å². The molecule has 1 aromatic heterocycles. The zero-order valence-corrected chi connectivity index (χ0v) is 12.7. The standard InChI is InChI=1S/C17H22N2O2/c1-12-10-15(4-5-16(12)21-3)17(20)13(2)19-11-14-6-8-18-9-7-14/h4-10,13,17,19-20H,11H2,1-3H3. The molecule has 4 nitrogen and oxygen atoms in total. The van der Waals surface area contributed by atoms with Crippen LogP contribution in [0.5, 0.6) is 5.75 Å². The number of nitrogens with zero attached hydrogens (tertiary/aromatic N) is 1.